The van der Waals surface area contributed by atoms with Crippen LogP contribution in [-0.4, -0.2) is 12.5 Å². The predicted molar refractivity (Wildman–Crippen MR) is 25.2 cm³/mol. The fraction of sp³-hybridized carbons (Fsp3) is 0.500. The largest absolute Gasteiger partial charge is 0.328 e. The predicted octanol–water partition coefficient (Wildman–Crippen LogP) is 0.242. The van der Waals surface area contributed by atoms with Gasteiger partial charge in [-0.1, -0.05) is 0 Å². The molecule has 8 heavy (non-hydrogen) atoms. The van der Waals surface area contributed by atoms with Crippen LogP contribution in [0.4, 0.5) is 8.78 Å². The third-order valence-electron chi connectivity index (χ3n) is 0.908. The highest BCUT2D eigenvalue weighted by Crippen LogP contribution is 2.02. The van der Waals surface area contributed by atoms with Crippen molar-refractivity contribution in [1.29, 1.82) is 0 Å². The summed E-state index contributed by atoms with van der Waals surface area (Å²) in [6.45, 7) is 0. The van der Waals surface area contributed by atoms with Crippen molar-refractivity contribution in [3.8, 4) is 0 Å². The van der Waals surface area contributed by atoms with Crippen LogP contribution in [0.1, 0.15) is 0 Å². The molecule has 1 rings (SSSR count). The van der Waals surface area contributed by atoms with Crippen LogP contribution in [-0.2, 0) is 0 Å². The molecule has 2 nitrogen and oxygen atoms in total. The van der Waals surface area contributed by atoms with Crippen LogP contribution >= 0.6 is 0 Å². The lowest BCUT2D eigenvalue weighted by molar-refractivity contribution is 0.118. The molecule has 0 saturated carbocycles. The summed E-state index contributed by atoms with van der Waals surface area (Å²) in [6.07, 6.45) is 0.517. The third kappa shape index (κ3) is 0.949. The molecule has 0 aliphatic carbocycles. The normalized spacial score (nSPS) is 26.6. The average molecular weight is 120 g/mol. The molecule has 1 aliphatic heterocycles. The van der Waals surface area contributed by atoms with E-state index in [1.165, 1.54) is 12.3 Å². The van der Waals surface area contributed by atoms with Crippen molar-refractivity contribution in [1.82, 2.24) is 10.9 Å². The Labute approximate surface area is 45.5 Å². The van der Waals surface area contributed by atoms with Gasteiger partial charge in [0, 0.05) is 6.20 Å². The summed E-state index contributed by atoms with van der Waals surface area (Å²) in [5, 5.41) is 0. The molecule has 1 atom stereocenters. The highest BCUT2D eigenvalue weighted by atomic mass is 19.3. The molecule has 0 fully saturated rings. The molecule has 2 N–H and O–H groups in total. The number of halogens is 2. The number of hydrazine groups is 1. The third-order valence-corrected chi connectivity index (χ3v) is 0.908. The second-order valence-electron chi connectivity index (χ2n) is 1.51. The molecule has 0 aromatic rings. The molecular formula is C4H6F2N2. The lowest BCUT2D eigenvalue weighted by Gasteiger charge is -2.04. The second kappa shape index (κ2) is 2.09. The molecule has 0 aromatic heterocycles. The van der Waals surface area contributed by atoms with Gasteiger partial charge < -0.3 is 5.43 Å². The monoisotopic (exact) mass is 120 g/mol. The topological polar surface area (TPSA) is 24.1 Å². The van der Waals surface area contributed by atoms with Gasteiger partial charge in [0.1, 0.15) is 6.04 Å². The van der Waals surface area contributed by atoms with Crippen LogP contribution in [0.2, 0.25) is 0 Å². The smallest absolute Gasteiger partial charge is 0.259 e. The zero-order valence-electron chi connectivity index (χ0n) is 4.07. The van der Waals surface area contributed by atoms with Gasteiger partial charge in [-0.05, 0) is 6.08 Å². The van der Waals surface area contributed by atoms with Gasteiger partial charge in [0.15, 0.2) is 0 Å². The van der Waals surface area contributed by atoms with E-state index in [0.29, 0.717) is 0 Å². The zero-order valence-corrected chi connectivity index (χ0v) is 4.07. The molecule has 0 bridgehead atoms. The molecule has 1 heterocycles. The standard InChI is InChI=1S/C4H6F2N2/c5-4(6)3-1-2-7-8-3/h1-4,7-8H. The summed E-state index contributed by atoms with van der Waals surface area (Å²) in [7, 11) is 0. The Morgan fingerprint density at radius 3 is 2.50 bits per heavy atom. The summed E-state index contributed by atoms with van der Waals surface area (Å²) in [5.74, 6) is 0. The number of nitrogens with one attached hydrogen (secondary N) is 2. The minimum Gasteiger partial charge on any atom is -0.328 e. The van der Waals surface area contributed by atoms with E-state index in [1.807, 2.05) is 0 Å². The first-order chi connectivity index (χ1) is 3.80. The molecular weight excluding hydrogens is 114 g/mol. The molecule has 4 heteroatoms. The first-order valence-corrected chi connectivity index (χ1v) is 2.26. The second-order valence-corrected chi connectivity index (χ2v) is 1.51. The van der Waals surface area contributed by atoms with E-state index in [1.54, 1.807) is 0 Å². The summed E-state index contributed by atoms with van der Waals surface area (Å²) < 4.78 is 23.2. The van der Waals surface area contributed by atoms with Crippen LogP contribution in [0.3, 0.4) is 0 Å². The van der Waals surface area contributed by atoms with E-state index >= 15 is 0 Å². The van der Waals surface area contributed by atoms with Crippen molar-refractivity contribution in [2.45, 2.75) is 12.5 Å². The number of rotatable bonds is 1. The minimum absolute atomic E-state index is 0.810. The molecule has 0 spiro atoms. The van der Waals surface area contributed by atoms with Gasteiger partial charge in [-0.15, -0.1) is 0 Å². The quantitative estimate of drug-likeness (QED) is 0.518. The Morgan fingerprint density at radius 1 is 1.50 bits per heavy atom. The van der Waals surface area contributed by atoms with Crippen molar-refractivity contribution in [2.24, 2.45) is 0 Å². The summed E-state index contributed by atoms with van der Waals surface area (Å²) in [5.41, 5.74) is 4.79. The van der Waals surface area contributed by atoms with Crippen molar-refractivity contribution >= 4 is 0 Å². The van der Waals surface area contributed by atoms with Crippen molar-refractivity contribution < 1.29 is 8.78 Å². The zero-order chi connectivity index (χ0) is 5.98. The fourth-order valence-electron chi connectivity index (χ4n) is 0.491. The fourth-order valence-corrected chi connectivity index (χ4v) is 0.491. The summed E-state index contributed by atoms with van der Waals surface area (Å²) in [4.78, 5) is 0. The highest BCUT2D eigenvalue weighted by Gasteiger charge is 2.18. The van der Waals surface area contributed by atoms with Crippen LogP contribution in [0.15, 0.2) is 12.3 Å². The van der Waals surface area contributed by atoms with Crippen LogP contribution in [0, 0.1) is 0 Å². The SMILES string of the molecule is FC(F)C1C=CNN1. The van der Waals surface area contributed by atoms with Crippen LogP contribution in [0.5, 0.6) is 0 Å². The molecule has 1 unspecified atom stereocenters. The lowest BCUT2D eigenvalue weighted by Crippen LogP contribution is -2.35. The first-order valence-electron chi connectivity index (χ1n) is 2.26. The van der Waals surface area contributed by atoms with E-state index in [4.69, 9.17) is 0 Å². The van der Waals surface area contributed by atoms with Gasteiger partial charge in [0.25, 0.3) is 6.43 Å². The summed E-state index contributed by atoms with van der Waals surface area (Å²) in [6, 6.07) is -0.810. The van der Waals surface area contributed by atoms with E-state index < -0.39 is 12.5 Å². The van der Waals surface area contributed by atoms with E-state index in [-0.39, 0.29) is 0 Å². The Morgan fingerprint density at radius 2 is 2.25 bits per heavy atom. The van der Waals surface area contributed by atoms with Gasteiger partial charge in [0.2, 0.25) is 0 Å². The van der Waals surface area contributed by atoms with Crippen molar-refractivity contribution in [3.63, 3.8) is 0 Å². The Hall–Kier alpha value is -0.640. The Balaban J connectivity index is 2.36. The lowest BCUT2D eigenvalue weighted by atomic mass is 10.3. The average Bonchev–Trinajstić information content (AvgIpc) is 2.12. The molecule has 0 radical (unpaired) electrons. The summed E-state index contributed by atoms with van der Waals surface area (Å²) >= 11 is 0. The van der Waals surface area contributed by atoms with E-state index in [0.717, 1.165) is 0 Å². The maximum absolute atomic E-state index is 11.6. The Kier molecular flexibility index (Phi) is 1.43. The number of hydrogen-bond donors (Lipinski definition) is 2. The van der Waals surface area contributed by atoms with Gasteiger partial charge in [-0.25, -0.2) is 14.2 Å². The van der Waals surface area contributed by atoms with Crippen molar-refractivity contribution in [2.75, 3.05) is 0 Å². The van der Waals surface area contributed by atoms with Crippen molar-refractivity contribution in [3.05, 3.63) is 12.3 Å². The molecule has 0 amide bonds. The van der Waals surface area contributed by atoms with Gasteiger partial charge in [0.05, 0.1) is 0 Å². The maximum atomic E-state index is 11.6. The maximum Gasteiger partial charge on any atom is 0.259 e. The highest BCUT2D eigenvalue weighted by molar-refractivity contribution is 4.97. The molecule has 0 saturated heterocycles. The van der Waals surface area contributed by atoms with Gasteiger partial charge in [-0.3, -0.25) is 0 Å². The minimum atomic E-state index is -2.32. The first kappa shape index (κ1) is 5.50. The van der Waals surface area contributed by atoms with Crippen LogP contribution in [0.25, 0.3) is 0 Å². The molecule has 0 aromatic carbocycles. The van der Waals surface area contributed by atoms with E-state index in [9.17, 15) is 8.78 Å². The number of alkyl halides is 2. The van der Waals surface area contributed by atoms with E-state index in [2.05, 4.69) is 10.9 Å². The molecule has 1 aliphatic rings. The van der Waals surface area contributed by atoms with Crippen LogP contribution < -0.4 is 10.9 Å². The van der Waals surface area contributed by atoms with Gasteiger partial charge >= 0.3 is 0 Å². The number of hydrogen-bond acceptors (Lipinski definition) is 2. The molecule has 46 valence electrons. The Bertz CT molecular complexity index is 102. The van der Waals surface area contributed by atoms with Gasteiger partial charge in [-0.2, -0.15) is 0 Å².